The van der Waals surface area contributed by atoms with Crippen molar-refractivity contribution in [2.24, 2.45) is 0 Å². The van der Waals surface area contributed by atoms with Gasteiger partial charge in [-0.1, -0.05) is 12.1 Å². The SMILES string of the molecule is CCCN1CCN(C(=O)c2cc(-c3ccc(S(C)(=O)=O)cc3)on2)CC1. The lowest BCUT2D eigenvalue weighted by Crippen LogP contribution is -2.48. The molecule has 1 aromatic carbocycles. The van der Waals surface area contributed by atoms with Crippen molar-refractivity contribution >= 4 is 15.7 Å². The largest absolute Gasteiger partial charge is 0.355 e. The zero-order valence-corrected chi connectivity index (χ0v) is 15.8. The lowest BCUT2D eigenvalue weighted by Gasteiger charge is -2.34. The van der Waals surface area contributed by atoms with Gasteiger partial charge in [-0.05, 0) is 37.2 Å². The molecule has 1 aliphatic heterocycles. The number of rotatable bonds is 5. The summed E-state index contributed by atoms with van der Waals surface area (Å²) in [6.45, 7) is 6.32. The Morgan fingerprint density at radius 2 is 1.81 bits per heavy atom. The highest BCUT2D eigenvalue weighted by Crippen LogP contribution is 2.23. The molecule has 7 nitrogen and oxygen atoms in total. The molecule has 0 N–H and O–H groups in total. The first-order valence-electron chi connectivity index (χ1n) is 8.67. The average molecular weight is 377 g/mol. The van der Waals surface area contributed by atoms with Gasteiger partial charge < -0.3 is 9.42 Å². The van der Waals surface area contributed by atoms with E-state index < -0.39 is 9.84 Å². The lowest BCUT2D eigenvalue weighted by molar-refractivity contribution is 0.0627. The van der Waals surface area contributed by atoms with Crippen LogP contribution in [0.15, 0.2) is 39.8 Å². The van der Waals surface area contributed by atoms with Crippen LogP contribution in [0.25, 0.3) is 11.3 Å². The fourth-order valence-corrected chi connectivity index (χ4v) is 3.66. The van der Waals surface area contributed by atoms with E-state index in [1.165, 1.54) is 12.1 Å². The Bertz CT molecular complexity index is 866. The first-order chi connectivity index (χ1) is 12.4. The van der Waals surface area contributed by atoms with Crippen LogP contribution >= 0.6 is 0 Å². The van der Waals surface area contributed by atoms with Gasteiger partial charge in [0.15, 0.2) is 21.3 Å². The lowest BCUT2D eigenvalue weighted by atomic mass is 10.1. The van der Waals surface area contributed by atoms with Crippen LogP contribution in [0.1, 0.15) is 23.8 Å². The summed E-state index contributed by atoms with van der Waals surface area (Å²) in [7, 11) is -3.24. The van der Waals surface area contributed by atoms with Gasteiger partial charge in [0.25, 0.3) is 5.91 Å². The highest BCUT2D eigenvalue weighted by Gasteiger charge is 2.24. The molecule has 26 heavy (non-hydrogen) atoms. The van der Waals surface area contributed by atoms with Crippen molar-refractivity contribution in [2.75, 3.05) is 39.0 Å². The Balaban J connectivity index is 1.69. The fraction of sp³-hybridized carbons (Fsp3) is 0.444. The highest BCUT2D eigenvalue weighted by molar-refractivity contribution is 7.90. The van der Waals surface area contributed by atoms with Crippen molar-refractivity contribution in [3.8, 4) is 11.3 Å². The van der Waals surface area contributed by atoms with E-state index in [0.29, 0.717) is 24.4 Å². The number of carbonyl (C=O) groups excluding carboxylic acids is 1. The van der Waals surface area contributed by atoms with E-state index in [9.17, 15) is 13.2 Å². The fourth-order valence-electron chi connectivity index (χ4n) is 3.03. The molecule has 0 aliphatic carbocycles. The minimum absolute atomic E-state index is 0.135. The van der Waals surface area contributed by atoms with Crippen LogP contribution in [-0.4, -0.2) is 68.3 Å². The third-order valence-electron chi connectivity index (χ3n) is 4.50. The van der Waals surface area contributed by atoms with Gasteiger partial charge in [0.05, 0.1) is 4.90 Å². The van der Waals surface area contributed by atoms with Gasteiger partial charge in [0.1, 0.15) is 0 Å². The van der Waals surface area contributed by atoms with Gasteiger partial charge in [-0.3, -0.25) is 9.69 Å². The molecule has 0 radical (unpaired) electrons. The summed E-state index contributed by atoms with van der Waals surface area (Å²) in [5.41, 5.74) is 0.952. The third-order valence-corrected chi connectivity index (χ3v) is 5.62. The standard InChI is InChI=1S/C18H23N3O4S/c1-3-8-20-9-11-21(12-10-20)18(22)16-13-17(25-19-16)14-4-6-15(7-5-14)26(2,23)24/h4-7,13H,3,8-12H2,1-2H3. The van der Waals surface area contributed by atoms with Crippen molar-refractivity contribution in [1.29, 1.82) is 0 Å². The average Bonchev–Trinajstić information content (AvgIpc) is 3.11. The first-order valence-corrected chi connectivity index (χ1v) is 10.6. The summed E-state index contributed by atoms with van der Waals surface area (Å²) < 4.78 is 28.3. The van der Waals surface area contributed by atoms with Gasteiger partial charge >= 0.3 is 0 Å². The van der Waals surface area contributed by atoms with Crippen LogP contribution < -0.4 is 0 Å². The van der Waals surface area contributed by atoms with Gasteiger partial charge in [-0.25, -0.2) is 8.42 Å². The molecule has 2 heterocycles. The number of hydrogen-bond donors (Lipinski definition) is 0. The van der Waals surface area contributed by atoms with Crippen molar-refractivity contribution in [3.63, 3.8) is 0 Å². The number of aromatic nitrogens is 1. The highest BCUT2D eigenvalue weighted by atomic mass is 32.2. The van der Waals surface area contributed by atoms with Crippen molar-refractivity contribution < 1.29 is 17.7 Å². The van der Waals surface area contributed by atoms with Crippen LogP contribution in [0.2, 0.25) is 0 Å². The van der Waals surface area contributed by atoms with E-state index in [2.05, 4.69) is 17.0 Å². The number of amides is 1. The van der Waals surface area contributed by atoms with Gasteiger partial charge in [-0.15, -0.1) is 0 Å². The topological polar surface area (TPSA) is 83.7 Å². The number of hydrogen-bond acceptors (Lipinski definition) is 6. The molecular formula is C18H23N3O4S. The van der Waals surface area contributed by atoms with Gasteiger partial charge in [-0.2, -0.15) is 0 Å². The Labute approximate surface area is 153 Å². The molecule has 2 aromatic rings. The van der Waals surface area contributed by atoms with Crippen molar-refractivity contribution in [1.82, 2.24) is 15.0 Å². The van der Waals surface area contributed by atoms with Gasteiger partial charge in [0, 0.05) is 44.1 Å². The van der Waals surface area contributed by atoms with Crippen LogP contribution in [0, 0.1) is 0 Å². The van der Waals surface area contributed by atoms with E-state index in [1.54, 1.807) is 23.1 Å². The monoisotopic (exact) mass is 377 g/mol. The maximum Gasteiger partial charge on any atom is 0.276 e. The third kappa shape index (κ3) is 4.13. The van der Waals surface area contributed by atoms with Crippen molar-refractivity contribution in [3.05, 3.63) is 36.0 Å². The number of carbonyl (C=O) groups is 1. The maximum atomic E-state index is 12.6. The van der Waals surface area contributed by atoms with E-state index in [0.717, 1.165) is 32.3 Å². The molecule has 0 spiro atoms. The number of benzene rings is 1. The molecule has 0 saturated carbocycles. The second kappa shape index (κ2) is 7.59. The summed E-state index contributed by atoms with van der Waals surface area (Å²) in [4.78, 5) is 17.0. The van der Waals surface area contributed by atoms with Crippen LogP contribution in [0.3, 0.4) is 0 Å². The minimum Gasteiger partial charge on any atom is -0.355 e. The Hall–Kier alpha value is -2.19. The maximum absolute atomic E-state index is 12.6. The minimum atomic E-state index is -3.24. The molecule has 1 aromatic heterocycles. The normalized spacial score (nSPS) is 16.0. The molecule has 0 atom stereocenters. The summed E-state index contributed by atoms with van der Waals surface area (Å²) in [5.74, 6) is 0.307. The quantitative estimate of drug-likeness (QED) is 0.791. The molecule has 1 fully saturated rings. The predicted octanol–water partition coefficient (Wildman–Crippen LogP) is 1.91. The summed E-state index contributed by atoms with van der Waals surface area (Å²) in [5, 5.41) is 3.90. The molecular weight excluding hydrogens is 354 g/mol. The first kappa shape index (κ1) is 18.6. The zero-order chi connectivity index (χ0) is 18.7. The van der Waals surface area contributed by atoms with Crippen LogP contribution in [0.5, 0.6) is 0 Å². The van der Waals surface area contributed by atoms with E-state index >= 15 is 0 Å². The molecule has 8 heteroatoms. The Morgan fingerprint density at radius 3 is 2.38 bits per heavy atom. The zero-order valence-electron chi connectivity index (χ0n) is 15.0. The van der Waals surface area contributed by atoms with E-state index in [4.69, 9.17) is 4.52 Å². The molecule has 0 unspecified atom stereocenters. The number of piperazine rings is 1. The number of sulfone groups is 1. The molecule has 0 bridgehead atoms. The van der Waals surface area contributed by atoms with Crippen molar-refractivity contribution in [2.45, 2.75) is 18.2 Å². The smallest absolute Gasteiger partial charge is 0.276 e. The second-order valence-electron chi connectivity index (χ2n) is 6.51. The Kier molecular flexibility index (Phi) is 5.43. The molecule has 1 saturated heterocycles. The molecule has 3 rings (SSSR count). The molecule has 1 amide bonds. The van der Waals surface area contributed by atoms with Crippen LogP contribution in [0.4, 0.5) is 0 Å². The van der Waals surface area contributed by atoms with E-state index in [1.807, 2.05) is 0 Å². The number of nitrogens with zero attached hydrogens (tertiary/aromatic N) is 3. The van der Waals surface area contributed by atoms with E-state index in [-0.39, 0.29) is 16.5 Å². The Morgan fingerprint density at radius 1 is 1.15 bits per heavy atom. The predicted molar refractivity (Wildman–Crippen MR) is 97.7 cm³/mol. The second-order valence-corrected chi connectivity index (χ2v) is 8.52. The summed E-state index contributed by atoms with van der Waals surface area (Å²) >= 11 is 0. The van der Waals surface area contributed by atoms with Crippen LogP contribution in [-0.2, 0) is 9.84 Å². The summed E-state index contributed by atoms with van der Waals surface area (Å²) in [6.07, 6.45) is 2.27. The van der Waals surface area contributed by atoms with Gasteiger partial charge in [0.2, 0.25) is 0 Å². The summed E-state index contributed by atoms with van der Waals surface area (Å²) in [6, 6.07) is 7.93. The molecule has 140 valence electrons. The molecule has 1 aliphatic rings.